The molecule has 2 atom stereocenters. The van der Waals surface area contributed by atoms with Crippen molar-refractivity contribution in [3.8, 4) is 0 Å². The lowest BCUT2D eigenvalue weighted by molar-refractivity contribution is -0.137. The van der Waals surface area contributed by atoms with E-state index >= 15 is 0 Å². The summed E-state index contributed by atoms with van der Waals surface area (Å²) < 4.78 is 37.4. The van der Waals surface area contributed by atoms with Gasteiger partial charge in [-0.25, -0.2) is 0 Å². The van der Waals surface area contributed by atoms with E-state index in [-0.39, 0.29) is 18.0 Å². The first-order valence-corrected chi connectivity index (χ1v) is 7.45. The summed E-state index contributed by atoms with van der Waals surface area (Å²) >= 11 is 0. The summed E-state index contributed by atoms with van der Waals surface area (Å²) in [4.78, 5) is 14.0. The Balaban J connectivity index is 1.88. The zero-order valence-electron chi connectivity index (χ0n) is 12.8. The number of carbonyl (C=O) groups excluding carboxylic acids is 1. The van der Waals surface area contributed by atoms with Crippen LogP contribution in [0.4, 0.5) is 13.2 Å². The van der Waals surface area contributed by atoms with E-state index in [1.54, 1.807) is 0 Å². The second-order valence-electron chi connectivity index (χ2n) is 5.96. The zero-order valence-corrected chi connectivity index (χ0v) is 12.8. The van der Waals surface area contributed by atoms with E-state index < -0.39 is 11.7 Å². The number of alkyl halides is 3. The van der Waals surface area contributed by atoms with Crippen LogP contribution in [0.25, 0.3) is 0 Å². The molecule has 1 aliphatic heterocycles. The Morgan fingerprint density at radius 3 is 2.23 bits per heavy atom. The summed E-state index contributed by atoms with van der Waals surface area (Å²) in [5.74, 6) is 0.0556. The van der Waals surface area contributed by atoms with Gasteiger partial charge in [-0.05, 0) is 38.0 Å². The van der Waals surface area contributed by atoms with Crippen molar-refractivity contribution in [2.24, 2.45) is 0 Å². The van der Waals surface area contributed by atoms with Gasteiger partial charge in [0.1, 0.15) is 0 Å². The van der Waals surface area contributed by atoms with Crippen molar-refractivity contribution in [1.29, 1.82) is 0 Å². The molecule has 1 aliphatic rings. The summed E-state index contributed by atoms with van der Waals surface area (Å²) in [5, 5.41) is 3.36. The predicted octanol–water partition coefficient (Wildman–Crippen LogP) is 2.85. The molecule has 1 fully saturated rings. The van der Waals surface area contributed by atoms with Gasteiger partial charge in [-0.1, -0.05) is 12.1 Å². The standard InChI is InChI=1S/C16H21F3N2O/c1-11-9-21(10-12(2)20-11)15(22)8-5-13-3-6-14(7-4-13)16(17,18)19/h3-4,6-7,11-12,20H,5,8-10H2,1-2H3. The molecule has 0 radical (unpaired) electrons. The third-order valence-corrected chi connectivity index (χ3v) is 3.82. The smallest absolute Gasteiger partial charge is 0.340 e. The highest BCUT2D eigenvalue weighted by Crippen LogP contribution is 2.29. The first kappa shape index (κ1) is 16.8. The fourth-order valence-electron chi connectivity index (χ4n) is 2.80. The Labute approximate surface area is 128 Å². The Kier molecular flexibility index (Phi) is 5.11. The van der Waals surface area contributed by atoms with Crippen LogP contribution in [0.3, 0.4) is 0 Å². The highest BCUT2D eigenvalue weighted by Gasteiger charge is 2.30. The molecule has 1 N–H and O–H groups in total. The average Bonchev–Trinajstić information content (AvgIpc) is 2.43. The molecule has 1 saturated heterocycles. The van der Waals surface area contributed by atoms with Gasteiger partial charge in [-0.2, -0.15) is 13.2 Å². The second kappa shape index (κ2) is 6.69. The number of hydrogen-bond donors (Lipinski definition) is 1. The normalized spacial score (nSPS) is 22.7. The lowest BCUT2D eigenvalue weighted by atomic mass is 10.1. The van der Waals surface area contributed by atoms with Gasteiger partial charge in [0.2, 0.25) is 5.91 Å². The number of halogens is 3. The molecule has 1 heterocycles. The molecule has 122 valence electrons. The lowest BCUT2D eigenvalue weighted by Gasteiger charge is -2.36. The van der Waals surface area contributed by atoms with Crippen LogP contribution in [-0.4, -0.2) is 36.0 Å². The third kappa shape index (κ3) is 4.47. The summed E-state index contributed by atoms with van der Waals surface area (Å²) in [6.45, 7) is 5.42. The van der Waals surface area contributed by atoms with E-state index in [1.807, 2.05) is 18.7 Å². The van der Waals surface area contributed by atoms with Crippen LogP contribution in [0.2, 0.25) is 0 Å². The molecule has 0 bridgehead atoms. The van der Waals surface area contributed by atoms with Crippen LogP contribution in [0.1, 0.15) is 31.4 Å². The molecule has 3 nitrogen and oxygen atoms in total. The molecule has 22 heavy (non-hydrogen) atoms. The molecule has 0 spiro atoms. The topological polar surface area (TPSA) is 32.3 Å². The lowest BCUT2D eigenvalue weighted by Crippen LogP contribution is -2.55. The first-order valence-electron chi connectivity index (χ1n) is 7.45. The fourth-order valence-corrected chi connectivity index (χ4v) is 2.80. The molecule has 1 aromatic rings. The van der Waals surface area contributed by atoms with Gasteiger partial charge >= 0.3 is 6.18 Å². The van der Waals surface area contributed by atoms with Crippen molar-refractivity contribution in [1.82, 2.24) is 10.2 Å². The van der Waals surface area contributed by atoms with E-state index in [2.05, 4.69) is 5.32 Å². The van der Waals surface area contributed by atoms with E-state index in [9.17, 15) is 18.0 Å². The van der Waals surface area contributed by atoms with Crippen molar-refractivity contribution < 1.29 is 18.0 Å². The molecule has 2 rings (SSSR count). The molecule has 1 amide bonds. The highest BCUT2D eigenvalue weighted by atomic mass is 19.4. The second-order valence-corrected chi connectivity index (χ2v) is 5.96. The zero-order chi connectivity index (χ0) is 16.3. The number of aryl methyl sites for hydroxylation is 1. The van der Waals surface area contributed by atoms with Crippen molar-refractivity contribution in [3.63, 3.8) is 0 Å². The fraction of sp³-hybridized carbons (Fsp3) is 0.562. The minimum Gasteiger partial charge on any atom is -0.340 e. The number of carbonyl (C=O) groups is 1. The minimum atomic E-state index is -4.32. The third-order valence-electron chi connectivity index (χ3n) is 3.82. The summed E-state index contributed by atoms with van der Waals surface area (Å²) in [5.41, 5.74) is 0.0879. The monoisotopic (exact) mass is 314 g/mol. The van der Waals surface area contributed by atoms with Crippen molar-refractivity contribution in [2.45, 2.75) is 44.9 Å². The highest BCUT2D eigenvalue weighted by molar-refractivity contribution is 5.76. The largest absolute Gasteiger partial charge is 0.416 e. The van der Waals surface area contributed by atoms with Crippen LogP contribution >= 0.6 is 0 Å². The van der Waals surface area contributed by atoms with Crippen LogP contribution < -0.4 is 5.32 Å². The van der Waals surface area contributed by atoms with E-state index in [0.717, 1.165) is 17.7 Å². The number of hydrogen-bond acceptors (Lipinski definition) is 2. The first-order chi connectivity index (χ1) is 10.3. The van der Waals surface area contributed by atoms with E-state index in [4.69, 9.17) is 0 Å². The quantitative estimate of drug-likeness (QED) is 0.930. The average molecular weight is 314 g/mol. The van der Waals surface area contributed by atoms with Gasteiger partial charge in [-0.15, -0.1) is 0 Å². The van der Waals surface area contributed by atoms with E-state index in [0.29, 0.717) is 25.9 Å². The molecule has 0 aliphatic carbocycles. The maximum atomic E-state index is 12.5. The van der Waals surface area contributed by atoms with Gasteiger partial charge in [0.05, 0.1) is 5.56 Å². The Morgan fingerprint density at radius 1 is 1.18 bits per heavy atom. The predicted molar refractivity (Wildman–Crippen MR) is 78.4 cm³/mol. The molecular weight excluding hydrogens is 293 g/mol. The summed E-state index contributed by atoms with van der Waals surface area (Å²) in [6, 6.07) is 5.54. The van der Waals surface area contributed by atoms with Crippen molar-refractivity contribution in [3.05, 3.63) is 35.4 Å². The summed E-state index contributed by atoms with van der Waals surface area (Å²) in [7, 11) is 0. The van der Waals surface area contributed by atoms with Gasteiger partial charge in [0.25, 0.3) is 0 Å². The van der Waals surface area contributed by atoms with Crippen LogP contribution in [0.5, 0.6) is 0 Å². The molecule has 2 unspecified atom stereocenters. The Bertz CT molecular complexity index is 503. The van der Waals surface area contributed by atoms with Gasteiger partial charge in [0.15, 0.2) is 0 Å². The Hall–Kier alpha value is -1.56. The SMILES string of the molecule is CC1CN(C(=O)CCc2ccc(C(F)(F)F)cc2)CC(C)N1. The number of rotatable bonds is 3. The molecular formula is C16H21F3N2O. The molecule has 6 heteroatoms. The van der Waals surface area contributed by atoms with Crippen LogP contribution in [0, 0.1) is 0 Å². The number of benzene rings is 1. The van der Waals surface area contributed by atoms with Gasteiger partial charge in [0, 0.05) is 31.6 Å². The summed E-state index contributed by atoms with van der Waals surface area (Å²) in [6.07, 6.45) is -3.53. The molecule has 1 aromatic carbocycles. The Morgan fingerprint density at radius 2 is 1.73 bits per heavy atom. The van der Waals surface area contributed by atoms with Crippen LogP contribution in [-0.2, 0) is 17.4 Å². The van der Waals surface area contributed by atoms with E-state index in [1.165, 1.54) is 12.1 Å². The number of nitrogens with one attached hydrogen (secondary N) is 1. The minimum absolute atomic E-state index is 0.0556. The number of amides is 1. The number of piperazine rings is 1. The molecule has 0 saturated carbocycles. The number of nitrogens with zero attached hydrogens (tertiary/aromatic N) is 1. The molecule has 0 aromatic heterocycles. The maximum absolute atomic E-state index is 12.5. The van der Waals surface area contributed by atoms with Gasteiger partial charge < -0.3 is 10.2 Å². The van der Waals surface area contributed by atoms with Crippen LogP contribution in [0.15, 0.2) is 24.3 Å². The van der Waals surface area contributed by atoms with Gasteiger partial charge in [-0.3, -0.25) is 4.79 Å². The maximum Gasteiger partial charge on any atom is 0.416 e. The van der Waals surface area contributed by atoms with Crippen molar-refractivity contribution >= 4 is 5.91 Å². The van der Waals surface area contributed by atoms with Crippen molar-refractivity contribution in [2.75, 3.05) is 13.1 Å².